The molecule has 0 aromatic carbocycles. The second-order valence-corrected chi connectivity index (χ2v) is 6.22. The highest BCUT2D eigenvalue weighted by Gasteiger charge is 2.16. The summed E-state index contributed by atoms with van der Waals surface area (Å²) in [4.78, 5) is 20.2. The van der Waals surface area contributed by atoms with Crippen molar-refractivity contribution in [1.82, 2.24) is 24.5 Å². The summed E-state index contributed by atoms with van der Waals surface area (Å²) in [6.07, 6.45) is 7.17. The van der Waals surface area contributed by atoms with E-state index in [0.29, 0.717) is 5.82 Å². The summed E-state index contributed by atoms with van der Waals surface area (Å²) in [5.41, 5.74) is 1.99. The molecule has 0 unspecified atom stereocenters. The van der Waals surface area contributed by atoms with Crippen molar-refractivity contribution in [2.24, 2.45) is 0 Å². The Morgan fingerprint density at radius 2 is 2.00 bits per heavy atom. The molecule has 108 valence electrons. The summed E-state index contributed by atoms with van der Waals surface area (Å²) >= 11 is 1.69. The van der Waals surface area contributed by atoms with Crippen molar-refractivity contribution in [2.75, 3.05) is 0 Å². The van der Waals surface area contributed by atoms with E-state index in [9.17, 15) is 0 Å². The second-order valence-electron chi connectivity index (χ2n) is 5.02. The fraction of sp³-hybridized carbons (Fsp3) is 0.125. The highest BCUT2D eigenvalue weighted by molar-refractivity contribution is 7.18. The summed E-state index contributed by atoms with van der Waals surface area (Å²) in [7, 11) is 0. The fourth-order valence-electron chi connectivity index (χ4n) is 2.41. The van der Waals surface area contributed by atoms with Gasteiger partial charge in [-0.15, -0.1) is 11.3 Å². The summed E-state index contributed by atoms with van der Waals surface area (Å²) in [6, 6.07) is 5.75. The first-order chi connectivity index (χ1) is 10.7. The molecule has 0 aliphatic heterocycles. The number of rotatable bonds is 2. The molecule has 0 atom stereocenters. The molecule has 0 saturated carbocycles. The second kappa shape index (κ2) is 4.99. The molecule has 4 rings (SSSR count). The van der Waals surface area contributed by atoms with Crippen LogP contribution in [0.25, 0.3) is 27.6 Å². The Balaban J connectivity index is 2.06. The van der Waals surface area contributed by atoms with E-state index < -0.39 is 0 Å². The van der Waals surface area contributed by atoms with Crippen LogP contribution in [0, 0.1) is 13.8 Å². The van der Waals surface area contributed by atoms with Crippen LogP contribution in [0.2, 0.25) is 0 Å². The van der Waals surface area contributed by atoms with E-state index in [2.05, 4.69) is 23.8 Å². The van der Waals surface area contributed by atoms with Crippen LogP contribution in [0.5, 0.6) is 0 Å². The minimum atomic E-state index is 0.637. The van der Waals surface area contributed by atoms with E-state index in [1.807, 2.05) is 29.0 Å². The number of imidazole rings is 1. The first-order valence-electron chi connectivity index (χ1n) is 6.91. The molecular formula is C16H13N5S. The van der Waals surface area contributed by atoms with Gasteiger partial charge in [-0.2, -0.15) is 0 Å². The first-order valence-corrected chi connectivity index (χ1v) is 7.73. The third-order valence-corrected chi connectivity index (χ3v) is 4.75. The Hall–Kier alpha value is -2.60. The number of hydrogen-bond donors (Lipinski definition) is 0. The lowest BCUT2D eigenvalue weighted by Gasteiger charge is -2.07. The number of nitrogens with zero attached hydrogens (tertiary/aromatic N) is 5. The van der Waals surface area contributed by atoms with Gasteiger partial charge < -0.3 is 0 Å². The molecule has 0 aliphatic rings. The maximum Gasteiger partial charge on any atom is 0.181 e. The largest absolute Gasteiger partial charge is 0.290 e. The predicted molar refractivity (Wildman–Crippen MR) is 87.2 cm³/mol. The smallest absolute Gasteiger partial charge is 0.181 e. The fourth-order valence-corrected chi connectivity index (χ4v) is 3.43. The Labute approximate surface area is 131 Å². The van der Waals surface area contributed by atoms with Gasteiger partial charge in [0.25, 0.3) is 0 Å². The molecule has 0 fully saturated rings. The van der Waals surface area contributed by atoms with Gasteiger partial charge in [0.05, 0.1) is 5.39 Å². The lowest BCUT2D eigenvalue weighted by Crippen LogP contribution is -2.00. The molecule has 0 saturated heterocycles. The van der Waals surface area contributed by atoms with Crippen LogP contribution in [0.1, 0.15) is 10.4 Å². The summed E-state index contributed by atoms with van der Waals surface area (Å²) in [5.74, 6) is 1.49. The van der Waals surface area contributed by atoms with E-state index in [-0.39, 0.29) is 0 Å². The van der Waals surface area contributed by atoms with Crippen molar-refractivity contribution in [1.29, 1.82) is 0 Å². The van der Waals surface area contributed by atoms with Gasteiger partial charge in [0.1, 0.15) is 16.9 Å². The van der Waals surface area contributed by atoms with Crippen LogP contribution in [0.3, 0.4) is 0 Å². The molecule has 22 heavy (non-hydrogen) atoms. The van der Waals surface area contributed by atoms with Gasteiger partial charge in [-0.05, 0) is 31.5 Å². The zero-order valence-electron chi connectivity index (χ0n) is 12.2. The zero-order chi connectivity index (χ0) is 15.1. The average Bonchev–Trinajstić information content (AvgIpc) is 3.17. The SMILES string of the molecule is Cc1sc2nc(-c3ccccn3)nc(-n3ccnc3)c2c1C. The van der Waals surface area contributed by atoms with Gasteiger partial charge in [0, 0.05) is 23.5 Å². The van der Waals surface area contributed by atoms with Crippen molar-refractivity contribution in [3.05, 3.63) is 53.6 Å². The molecule has 5 nitrogen and oxygen atoms in total. The van der Waals surface area contributed by atoms with Crippen LogP contribution in [0.4, 0.5) is 0 Å². The number of hydrogen-bond acceptors (Lipinski definition) is 5. The normalized spacial score (nSPS) is 11.2. The minimum absolute atomic E-state index is 0.637. The Bertz CT molecular complexity index is 942. The molecule has 4 aromatic heterocycles. The number of pyridine rings is 1. The van der Waals surface area contributed by atoms with Crippen molar-refractivity contribution in [3.63, 3.8) is 0 Å². The number of aromatic nitrogens is 5. The van der Waals surface area contributed by atoms with Crippen molar-refractivity contribution >= 4 is 21.6 Å². The zero-order valence-corrected chi connectivity index (χ0v) is 13.0. The predicted octanol–water partition coefficient (Wildman–Crippen LogP) is 3.56. The minimum Gasteiger partial charge on any atom is -0.290 e. The van der Waals surface area contributed by atoms with E-state index in [1.165, 1.54) is 10.4 Å². The Morgan fingerprint density at radius 1 is 1.09 bits per heavy atom. The van der Waals surface area contributed by atoms with Crippen LogP contribution in [0.15, 0.2) is 43.1 Å². The maximum absolute atomic E-state index is 4.74. The highest BCUT2D eigenvalue weighted by atomic mass is 32.1. The molecule has 4 heterocycles. The topological polar surface area (TPSA) is 56.5 Å². The van der Waals surface area contributed by atoms with Crippen molar-refractivity contribution in [2.45, 2.75) is 13.8 Å². The monoisotopic (exact) mass is 307 g/mol. The van der Waals surface area contributed by atoms with Gasteiger partial charge in [-0.1, -0.05) is 6.07 Å². The van der Waals surface area contributed by atoms with Gasteiger partial charge in [-0.3, -0.25) is 9.55 Å². The van der Waals surface area contributed by atoms with Gasteiger partial charge >= 0.3 is 0 Å². The Morgan fingerprint density at radius 3 is 2.73 bits per heavy atom. The van der Waals surface area contributed by atoms with Gasteiger partial charge in [-0.25, -0.2) is 15.0 Å². The van der Waals surface area contributed by atoms with Crippen molar-refractivity contribution in [3.8, 4) is 17.3 Å². The lowest BCUT2D eigenvalue weighted by atomic mass is 10.2. The lowest BCUT2D eigenvalue weighted by molar-refractivity contribution is 0.993. The van der Waals surface area contributed by atoms with Crippen LogP contribution in [-0.2, 0) is 0 Å². The van der Waals surface area contributed by atoms with E-state index in [4.69, 9.17) is 9.97 Å². The Kier molecular flexibility index (Phi) is 2.97. The highest BCUT2D eigenvalue weighted by Crippen LogP contribution is 2.33. The quantitative estimate of drug-likeness (QED) is 0.568. The molecule has 4 aromatic rings. The first kappa shape index (κ1) is 13.1. The van der Waals surface area contributed by atoms with Crippen LogP contribution >= 0.6 is 11.3 Å². The summed E-state index contributed by atoms with van der Waals surface area (Å²) in [5, 5.41) is 1.08. The van der Waals surface area contributed by atoms with E-state index in [1.54, 1.807) is 30.1 Å². The molecule has 0 spiro atoms. The molecular weight excluding hydrogens is 294 g/mol. The molecule has 0 aliphatic carbocycles. The molecule has 0 radical (unpaired) electrons. The molecule has 0 N–H and O–H groups in total. The number of aryl methyl sites for hydroxylation is 2. The van der Waals surface area contributed by atoms with Gasteiger partial charge in [0.2, 0.25) is 0 Å². The van der Waals surface area contributed by atoms with Crippen LogP contribution in [-0.4, -0.2) is 24.5 Å². The maximum atomic E-state index is 4.74. The van der Waals surface area contributed by atoms with Gasteiger partial charge in [0.15, 0.2) is 11.6 Å². The number of thiophene rings is 1. The number of fused-ring (bicyclic) bond motifs is 1. The summed E-state index contributed by atoms with van der Waals surface area (Å²) < 4.78 is 1.93. The standard InChI is InChI=1S/C16H13N5S/c1-10-11(2)22-16-13(10)15(21-8-7-17-9-21)19-14(20-16)12-5-3-4-6-18-12/h3-9H,1-2H3. The van der Waals surface area contributed by atoms with Crippen LogP contribution < -0.4 is 0 Å². The third-order valence-electron chi connectivity index (χ3n) is 3.65. The third kappa shape index (κ3) is 2.00. The summed E-state index contributed by atoms with van der Waals surface area (Å²) in [6.45, 7) is 4.22. The molecule has 0 amide bonds. The van der Waals surface area contributed by atoms with E-state index in [0.717, 1.165) is 21.7 Å². The van der Waals surface area contributed by atoms with Crippen molar-refractivity contribution < 1.29 is 0 Å². The molecule has 0 bridgehead atoms. The molecule has 6 heteroatoms. The van der Waals surface area contributed by atoms with E-state index >= 15 is 0 Å². The average molecular weight is 307 g/mol.